The van der Waals surface area contributed by atoms with E-state index < -0.39 is 0 Å². The van der Waals surface area contributed by atoms with Crippen LogP contribution in [0, 0.1) is 0 Å². The molecule has 0 radical (unpaired) electrons. The van der Waals surface area contributed by atoms with Crippen LogP contribution in [0.1, 0.15) is 130 Å². The Labute approximate surface area is 189 Å². The number of anilines is 2. The van der Waals surface area contributed by atoms with Crippen LogP contribution >= 0.6 is 0 Å². The monoisotopic (exact) mass is 416 g/mol. The number of unbranched alkanes of at least 4 members (excludes halogenated alkanes) is 12. The Morgan fingerprint density at radius 3 is 1.13 bits per heavy atom. The zero-order chi connectivity index (χ0) is 21.9. The van der Waals surface area contributed by atoms with E-state index in [0.717, 1.165) is 0 Å². The SMILES string of the molecule is CCCCCCCCCC(C)Nc1ccc(NC(C)CCCCCCCCC)cc1. The molecule has 0 aliphatic rings. The maximum Gasteiger partial charge on any atom is 0.0343 e. The molecule has 30 heavy (non-hydrogen) atoms. The molecule has 0 aliphatic heterocycles. The van der Waals surface area contributed by atoms with Crippen LogP contribution in [0.5, 0.6) is 0 Å². The molecule has 1 aromatic rings. The van der Waals surface area contributed by atoms with Gasteiger partial charge in [-0.1, -0.05) is 104 Å². The third-order valence-corrected chi connectivity index (χ3v) is 6.19. The van der Waals surface area contributed by atoms with E-state index in [-0.39, 0.29) is 0 Å². The first-order valence-corrected chi connectivity index (χ1v) is 13.3. The Hall–Kier alpha value is -1.18. The summed E-state index contributed by atoms with van der Waals surface area (Å²) in [6.07, 6.45) is 22.0. The Bertz CT molecular complexity index is 437. The van der Waals surface area contributed by atoms with Gasteiger partial charge in [0, 0.05) is 23.5 Å². The molecule has 0 amide bonds. The summed E-state index contributed by atoms with van der Waals surface area (Å²) in [7, 11) is 0. The van der Waals surface area contributed by atoms with Crippen LogP contribution < -0.4 is 10.6 Å². The Morgan fingerprint density at radius 1 is 0.500 bits per heavy atom. The van der Waals surface area contributed by atoms with Gasteiger partial charge in [0.1, 0.15) is 0 Å². The van der Waals surface area contributed by atoms with Crippen molar-refractivity contribution in [3.63, 3.8) is 0 Å². The van der Waals surface area contributed by atoms with Crippen molar-refractivity contribution < 1.29 is 0 Å². The molecule has 0 saturated carbocycles. The second-order valence-electron chi connectivity index (χ2n) is 9.49. The lowest BCUT2D eigenvalue weighted by Gasteiger charge is -2.18. The van der Waals surface area contributed by atoms with Gasteiger partial charge in [-0.3, -0.25) is 0 Å². The second kappa shape index (κ2) is 18.6. The molecule has 0 heterocycles. The van der Waals surface area contributed by atoms with Gasteiger partial charge in [-0.15, -0.1) is 0 Å². The zero-order valence-corrected chi connectivity index (χ0v) is 20.8. The normalized spacial score (nSPS) is 13.2. The van der Waals surface area contributed by atoms with Crippen molar-refractivity contribution in [1.82, 2.24) is 0 Å². The van der Waals surface area contributed by atoms with Gasteiger partial charge in [0.2, 0.25) is 0 Å². The van der Waals surface area contributed by atoms with Gasteiger partial charge >= 0.3 is 0 Å². The number of hydrogen-bond acceptors (Lipinski definition) is 2. The Kier molecular flexibility index (Phi) is 16.6. The van der Waals surface area contributed by atoms with Crippen LogP contribution in [-0.2, 0) is 0 Å². The average molecular weight is 417 g/mol. The molecule has 0 aliphatic carbocycles. The Morgan fingerprint density at radius 2 is 0.800 bits per heavy atom. The molecular formula is C28H52N2. The molecule has 174 valence electrons. The van der Waals surface area contributed by atoms with Crippen LogP contribution in [-0.4, -0.2) is 12.1 Å². The molecule has 2 unspecified atom stereocenters. The van der Waals surface area contributed by atoms with Crippen molar-refractivity contribution in [2.75, 3.05) is 10.6 Å². The molecule has 2 N–H and O–H groups in total. The van der Waals surface area contributed by atoms with Crippen LogP contribution in [0.3, 0.4) is 0 Å². The van der Waals surface area contributed by atoms with E-state index >= 15 is 0 Å². The standard InChI is InChI=1S/C28H52N2/c1-5-7-9-11-13-15-17-19-25(3)29-27-21-23-28(24-22-27)30-26(4)20-18-16-14-12-10-8-6-2/h21-26,29-30H,5-20H2,1-4H3. The fourth-order valence-electron chi connectivity index (χ4n) is 4.19. The molecule has 1 rings (SSSR count). The highest BCUT2D eigenvalue weighted by atomic mass is 14.9. The third kappa shape index (κ3) is 14.7. The van der Waals surface area contributed by atoms with E-state index in [4.69, 9.17) is 0 Å². The lowest BCUT2D eigenvalue weighted by molar-refractivity contribution is 0.557. The highest BCUT2D eigenvalue weighted by molar-refractivity contribution is 5.54. The Balaban J connectivity index is 2.12. The predicted octanol–water partition coefficient (Wildman–Crippen LogP) is 9.57. The number of rotatable bonds is 20. The van der Waals surface area contributed by atoms with Crippen LogP contribution in [0.25, 0.3) is 0 Å². The van der Waals surface area contributed by atoms with E-state index in [1.807, 2.05) is 0 Å². The van der Waals surface area contributed by atoms with Crippen LogP contribution in [0.4, 0.5) is 11.4 Å². The summed E-state index contributed by atoms with van der Waals surface area (Å²) >= 11 is 0. The van der Waals surface area contributed by atoms with Crippen molar-refractivity contribution in [2.24, 2.45) is 0 Å². The minimum absolute atomic E-state index is 0.552. The summed E-state index contributed by atoms with van der Waals surface area (Å²) in [5.41, 5.74) is 2.49. The van der Waals surface area contributed by atoms with Gasteiger partial charge in [-0.05, 0) is 51.0 Å². The number of hydrogen-bond donors (Lipinski definition) is 2. The minimum Gasteiger partial charge on any atom is -0.383 e. The predicted molar refractivity (Wildman–Crippen MR) is 138 cm³/mol. The van der Waals surface area contributed by atoms with Crippen molar-refractivity contribution in [1.29, 1.82) is 0 Å². The molecule has 2 heteroatoms. The number of benzene rings is 1. The fourth-order valence-corrected chi connectivity index (χ4v) is 4.19. The second-order valence-corrected chi connectivity index (χ2v) is 9.49. The van der Waals surface area contributed by atoms with E-state index in [9.17, 15) is 0 Å². The molecule has 0 fully saturated rings. The summed E-state index contributed by atoms with van der Waals surface area (Å²) in [6.45, 7) is 9.20. The van der Waals surface area contributed by atoms with E-state index in [1.54, 1.807) is 0 Å². The average Bonchev–Trinajstić information content (AvgIpc) is 2.74. The molecular weight excluding hydrogens is 364 g/mol. The first kappa shape index (κ1) is 26.9. The van der Waals surface area contributed by atoms with Crippen LogP contribution in [0.2, 0.25) is 0 Å². The van der Waals surface area contributed by atoms with Gasteiger partial charge in [-0.2, -0.15) is 0 Å². The summed E-state index contributed by atoms with van der Waals surface area (Å²) < 4.78 is 0. The van der Waals surface area contributed by atoms with Gasteiger partial charge in [0.15, 0.2) is 0 Å². The summed E-state index contributed by atoms with van der Waals surface area (Å²) in [4.78, 5) is 0. The first-order valence-electron chi connectivity index (χ1n) is 13.3. The van der Waals surface area contributed by atoms with E-state index in [1.165, 1.54) is 114 Å². The maximum absolute atomic E-state index is 3.67. The molecule has 2 nitrogen and oxygen atoms in total. The molecule has 0 spiro atoms. The number of nitrogens with one attached hydrogen (secondary N) is 2. The maximum atomic E-state index is 3.67. The molecule has 2 atom stereocenters. The molecule has 0 aromatic heterocycles. The van der Waals surface area contributed by atoms with Gasteiger partial charge in [0.05, 0.1) is 0 Å². The van der Waals surface area contributed by atoms with Crippen molar-refractivity contribution in [3.05, 3.63) is 24.3 Å². The first-order chi connectivity index (χ1) is 14.7. The van der Waals surface area contributed by atoms with E-state index in [2.05, 4.69) is 62.6 Å². The van der Waals surface area contributed by atoms with E-state index in [0.29, 0.717) is 12.1 Å². The summed E-state index contributed by atoms with van der Waals surface area (Å²) in [5.74, 6) is 0. The van der Waals surface area contributed by atoms with Crippen molar-refractivity contribution in [2.45, 2.75) is 143 Å². The van der Waals surface area contributed by atoms with Gasteiger partial charge < -0.3 is 10.6 Å². The zero-order valence-electron chi connectivity index (χ0n) is 20.8. The third-order valence-electron chi connectivity index (χ3n) is 6.19. The largest absolute Gasteiger partial charge is 0.383 e. The molecule has 0 saturated heterocycles. The van der Waals surface area contributed by atoms with Gasteiger partial charge in [-0.25, -0.2) is 0 Å². The molecule has 0 bridgehead atoms. The lowest BCUT2D eigenvalue weighted by atomic mass is 10.1. The summed E-state index contributed by atoms with van der Waals surface area (Å²) in [5, 5.41) is 7.34. The quantitative estimate of drug-likeness (QED) is 0.207. The van der Waals surface area contributed by atoms with Crippen molar-refractivity contribution >= 4 is 11.4 Å². The van der Waals surface area contributed by atoms with Crippen LogP contribution in [0.15, 0.2) is 24.3 Å². The highest BCUT2D eigenvalue weighted by Gasteiger charge is 2.05. The topological polar surface area (TPSA) is 24.1 Å². The minimum atomic E-state index is 0.552. The highest BCUT2D eigenvalue weighted by Crippen LogP contribution is 2.18. The lowest BCUT2D eigenvalue weighted by Crippen LogP contribution is -2.16. The smallest absolute Gasteiger partial charge is 0.0343 e. The van der Waals surface area contributed by atoms with Gasteiger partial charge in [0.25, 0.3) is 0 Å². The summed E-state index contributed by atoms with van der Waals surface area (Å²) in [6, 6.07) is 10.0. The molecule has 1 aromatic carbocycles. The van der Waals surface area contributed by atoms with Crippen molar-refractivity contribution in [3.8, 4) is 0 Å². The fraction of sp³-hybridized carbons (Fsp3) is 0.786.